The highest BCUT2D eigenvalue weighted by Gasteiger charge is 2.37. The molecule has 27 heavy (non-hydrogen) atoms. The number of nitrogens with zero attached hydrogens (tertiary/aromatic N) is 1. The minimum Gasteiger partial charge on any atom is -0.371 e. The second-order valence-corrected chi connectivity index (χ2v) is 6.76. The predicted molar refractivity (Wildman–Crippen MR) is 107 cm³/mol. The van der Waals surface area contributed by atoms with Gasteiger partial charge in [-0.1, -0.05) is 24.3 Å². The van der Waals surface area contributed by atoms with E-state index in [0.717, 1.165) is 38.7 Å². The fraction of sp³-hybridized carbons (Fsp3) is 0.400. The quantitative estimate of drug-likeness (QED) is 0.817. The number of ether oxygens (including phenoxy) is 1. The van der Waals surface area contributed by atoms with Crippen LogP contribution in [0.3, 0.4) is 0 Å². The molecule has 2 aliphatic rings. The van der Waals surface area contributed by atoms with E-state index in [1.165, 1.54) is 23.3 Å². The molecule has 1 heterocycles. The molecule has 0 amide bonds. The van der Waals surface area contributed by atoms with Crippen molar-refractivity contribution in [3.63, 3.8) is 0 Å². The number of fused-ring (bicyclic) bond motifs is 1. The molecule has 1 aliphatic carbocycles. The van der Waals surface area contributed by atoms with Gasteiger partial charge in [-0.15, -0.1) is 24.8 Å². The third-order valence-corrected chi connectivity index (χ3v) is 5.08. The van der Waals surface area contributed by atoms with Crippen LogP contribution in [0, 0.1) is 11.6 Å². The van der Waals surface area contributed by atoms with Gasteiger partial charge in [0.25, 0.3) is 0 Å². The van der Waals surface area contributed by atoms with Gasteiger partial charge in [0.2, 0.25) is 0 Å². The molecule has 1 fully saturated rings. The summed E-state index contributed by atoms with van der Waals surface area (Å²) in [6.45, 7) is 4.12. The monoisotopic (exact) mass is 416 g/mol. The van der Waals surface area contributed by atoms with Crippen molar-refractivity contribution in [1.82, 2.24) is 10.2 Å². The lowest BCUT2D eigenvalue weighted by atomic mass is 10.1. The zero-order valence-electron chi connectivity index (χ0n) is 14.9. The Morgan fingerprint density at radius 3 is 2.37 bits per heavy atom. The first kappa shape index (κ1) is 22.1. The van der Waals surface area contributed by atoms with Gasteiger partial charge in [0, 0.05) is 38.7 Å². The van der Waals surface area contributed by atoms with E-state index in [1.807, 2.05) is 0 Å². The molecule has 2 aromatic carbocycles. The summed E-state index contributed by atoms with van der Waals surface area (Å²) in [6.07, 6.45) is 0.838. The van der Waals surface area contributed by atoms with Gasteiger partial charge in [-0.2, -0.15) is 0 Å². The molecule has 1 aliphatic heterocycles. The third-order valence-electron chi connectivity index (χ3n) is 5.08. The van der Waals surface area contributed by atoms with Crippen LogP contribution in [0.5, 0.6) is 0 Å². The highest BCUT2D eigenvalue weighted by molar-refractivity contribution is 5.85. The maximum absolute atomic E-state index is 13.4. The van der Waals surface area contributed by atoms with Crippen molar-refractivity contribution in [2.45, 2.75) is 25.2 Å². The molecular weight excluding hydrogens is 393 g/mol. The number of hydrogen-bond donors (Lipinski definition) is 1. The van der Waals surface area contributed by atoms with E-state index in [9.17, 15) is 8.78 Å². The maximum atomic E-state index is 13.4. The molecule has 148 valence electrons. The summed E-state index contributed by atoms with van der Waals surface area (Å²) >= 11 is 0. The van der Waals surface area contributed by atoms with Crippen LogP contribution in [0.25, 0.3) is 0 Å². The minimum atomic E-state index is -0.563. The lowest BCUT2D eigenvalue weighted by Gasteiger charge is -2.36. The number of rotatable bonds is 4. The molecule has 0 saturated carbocycles. The second kappa shape index (κ2) is 9.80. The van der Waals surface area contributed by atoms with Crippen molar-refractivity contribution in [3.8, 4) is 0 Å². The molecule has 0 spiro atoms. The molecule has 2 unspecified atom stereocenters. The first-order chi connectivity index (χ1) is 12.2. The maximum Gasteiger partial charge on any atom is 0.126 e. The molecule has 0 bridgehead atoms. The average Bonchev–Trinajstić information content (AvgIpc) is 2.98. The largest absolute Gasteiger partial charge is 0.371 e. The molecule has 1 saturated heterocycles. The Morgan fingerprint density at radius 1 is 1.00 bits per heavy atom. The van der Waals surface area contributed by atoms with Crippen LogP contribution in [-0.4, -0.2) is 37.2 Å². The lowest BCUT2D eigenvalue weighted by molar-refractivity contribution is -0.0189. The van der Waals surface area contributed by atoms with Gasteiger partial charge in [0.1, 0.15) is 11.6 Å². The van der Waals surface area contributed by atoms with E-state index in [1.54, 1.807) is 0 Å². The Balaban J connectivity index is 0.00000131. The van der Waals surface area contributed by atoms with Crippen LogP contribution in [-0.2, 0) is 17.8 Å². The number of hydrogen-bond acceptors (Lipinski definition) is 3. The van der Waals surface area contributed by atoms with E-state index in [4.69, 9.17) is 4.74 Å². The van der Waals surface area contributed by atoms with Crippen LogP contribution in [0.15, 0.2) is 42.5 Å². The average molecular weight is 417 g/mol. The highest BCUT2D eigenvalue weighted by Crippen LogP contribution is 2.38. The summed E-state index contributed by atoms with van der Waals surface area (Å²) in [4.78, 5) is 2.46. The van der Waals surface area contributed by atoms with Crippen molar-refractivity contribution < 1.29 is 13.5 Å². The Labute approximate surface area is 170 Å². The molecule has 4 rings (SSSR count). The van der Waals surface area contributed by atoms with Crippen molar-refractivity contribution in [2.75, 3.05) is 26.2 Å². The van der Waals surface area contributed by atoms with Gasteiger partial charge in [-0.3, -0.25) is 4.90 Å². The van der Waals surface area contributed by atoms with E-state index in [-0.39, 0.29) is 43.6 Å². The third kappa shape index (κ3) is 4.98. The van der Waals surface area contributed by atoms with Crippen LogP contribution in [0.4, 0.5) is 8.78 Å². The van der Waals surface area contributed by atoms with E-state index in [2.05, 4.69) is 34.5 Å². The molecule has 0 radical (unpaired) electrons. The van der Waals surface area contributed by atoms with E-state index < -0.39 is 11.6 Å². The summed E-state index contributed by atoms with van der Waals surface area (Å²) in [5, 5.41) is 3.38. The van der Waals surface area contributed by atoms with Gasteiger partial charge in [-0.25, -0.2) is 8.78 Å². The molecule has 0 aromatic heterocycles. The molecule has 2 aromatic rings. The number of piperazine rings is 1. The summed E-state index contributed by atoms with van der Waals surface area (Å²) < 4.78 is 33.0. The SMILES string of the molecule is Cl.Cl.Fc1cc(F)cc(COC2Cc3ccccc3C2N2CCNCC2)c1. The zero-order chi connectivity index (χ0) is 17.2. The molecule has 7 heteroatoms. The second-order valence-electron chi connectivity index (χ2n) is 6.76. The predicted octanol–water partition coefficient (Wildman–Crippen LogP) is 3.90. The van der Waals surface area contributed by atoms with E-state index in [0.29, 0.717) is 5.56 Å². The first-order valence-electron chi connectivity index (χ1n) is 8.80. The standard InChI is InChI=1S/C20H22F2N2O.2ClH/c21-16-9-14(10-17(22)12-16)13-25-19-11-15-3-1-2-4-18(15)20(19)24-7-5-23-6-8-24;;/h1-4,9-10,12,19-20,23H,5-8,11,13H2;2*1H. The molecule has 1 N–H and O–H groups in total. The first-order valence-corrected chi connectivity index (χ1v) is 8.80. The van der Waals surface area contributed by atoms with Gasteiger partial charge in [0.05, 0.1) is 18.8 Å². The Morgan fingerprint density at radius 2 is 1.67 bits per heavy atom. The van der Waals surface area contributed by atoms with Gasteiger partial charge in [-0.05, 0) is 28.8 Å². The summed E-state index contributed by atoms with van der Waals surface area (Å²) in [5.74, 6) is -1.13. The Hall–Kier alpha value is -1.24. The Kier molecular flexibility index (Phi) is 8.01. The fourth-order valence-electron chi connectivity index (χ4n) is 3.98. The number of halogens is 4. The van der Waals surface area contributed by atoms with Crippen molar-refractivity contribution >= 4 is 24.8 Å². The van der Waals surface area contributed by atoms with Crippen LogP contribution in [0.2, 0.25) is 0 Å². The summed E-state index contributed by atoms with van der Waals surface area (Å²) in [7, 11) is 0. The minimum absolute atomic E-state index is 0. The fourth-order valence-corrected chi connectivity index (χ4v) is 3.98. The van der Waals surface area contributed by atoms with Gasteiger partial charge < -0.3 is 10.1 Å². The molecule has 3 nitrogen and oxygen atoms in total. The molecule has 2 atom stereocenters. The normalized spacial score (nSPS) is 21.9. The van der Waals surface area contributed by atoms with Gasteiger partial charge >= 0.3 is 0 Å². The molecular formula is C20H24Cl2F2N2O. The summed E-state index contributed by atoms with van der Waals surface area (Å²) in [6, 6.07) is 12.2. The van der Waals surface area contributed by atoms with Crippen LogP contribution in [0.1, 0.15) is 22.7 Å². The number of benzene rings is 2. The van der Waals surface area contributed by atoms with Gasteiger partial charge in [0.15, 0.2) is 0 Å². The lowest BCUT2D eigenvalue weighted by Crippen LogP contribution is -2.47. The van der Waals surface area contributed by atoms with Crippen molar-refractivity contribution in [3.05, 3.63) is 70.8 Å². The van der Waals surface area contributed by atoms with Crippen LogP contribution < -0.4 is 5.32 Å². The Bertz CT molecular complexity index is 736. The summed E-state index contributed by atoms with van der Waals surface area (Å²) in [5.41, 5.74) is 3.16. The zero-order valence-corrected chi connectivity index (χ0v) is 16.5. The number of nitrogens with one attached hydrogen (secondary N) is 1. The topological polar surface area (TPSA) is 24.5 Å². The van der Waals surface area contributed by atoms with Crippen molar-refractivity contribution in [2.24, 2.45) is 0 Å². The highest BCUT2D eigenvalue weighted by atomic mass is 35.5. The van der Waals surface area contributed by atoms with Crippen LogP contribution >= 0.6 is 24.8 Å². The van der Waals surface area contributed by atoms with E-state index >= 15 is 0 Å². The smallest absolute Gasteiger partial charge is 0.126 e. The van der Waals surface area contributed by atoms with Crippen molar-refractivity contribution in [1.29, 1.82) is 0 Å².